The summed E-state index contributed by atoms with van der Waals surface area (Å²) in [6.45, 7) is 10.6. The Morgan fingerprint density at radius 2 is 2.11 bits per heavy atom. The van der Waals surface area contributed by atoms with E-state index in [4.69, 9.17) is 4.74 Å². The molecule has 0 bridgehead atoms. The maximum absolute atomic E-state index is 11.9. The molecule has 1 unspecified atom stereocenters. The number of nitrogens with zero attached hydrogens (tertiary/aromatic N) is 2. The Kier molecular flexibility index (Phi) is 6.00. The zero-order chi connectivity index (χ0) is 14.6. The summed E-state index contributed by atoms with van der Waals surface area (Å²) in [5.74, 6) is -0.236. The average molecular weight is 332 g/mol. The molecule has 1 N–H and O–H groups in total. The van der Waals surface area contributed by atoms with Gasteiger partial charge in [-0.05, 0) is 36.7 Å². The van der Waals surface area contributed by atoms with Gasteiger partial charge in [0, 0.05) is 11.7 Å². The number of nitrogens with one attached hydrogen (secondary N) is 1. The minimum Gasteiger partial charge on any atom is -0.465 e. The first kappa shape index (κ1) is 16.2. The quantitative estimate of drug-likeness (QED) is 0.812. The summed E-state index contributed by atoms with van der Waals surface area (Å²) in [5.41, 5.74) is 1.93. The first-order chi connectivity index (χ1) is 8.86. The fourth-order valence-corrected chi connectivity index (χ4v) is 2.15. The lowest BCUT2D eigenvalue weighted by Gasteiger charge is -2.20. The van der Waals surface area contributed by atoms with Gasteiger partial charge in [-0.2, -0.15) is 5.10 Å². The SMILES string of the molecule is CCOC(=O)C(Cn1nc(C)c(Br)c1C)NC(C)C. The molecule has 0 spiro atoms. The summed E-state index contributed by atoms with van der Waals surface area (Å²) in [4.78, 5) is 11.9. The molecule has 1 atom stereocenters. The van der Waals surface area contributed by atoms with Crippen LogP contribution in [0, 0.1) is 13.8 Å². The van der Waals surface area contributed by atoms with Crippen LogP contribution in [-0.2, 0) is 16.1 Å². The highest BCUT2D eigenvalue weighted by Crippen LogP contribution is 2.20. The predicted octanol–water partition coefficient (Wildman–Crippen LogP) is 2.19. The van der Waals surface area contributed by atoms with Crippen LogP contribution in [0.25, 0.3) is 0 Å². The van der Waals surface area contributed by atoms with Gasteiger partial charge in [0.15, 0.2) is 0 Å². The molecule has 0 amide bonds. The Labute approximate surface area is 122 Å². The van der Waals surface area contributed by atoms with Crippen molar-refractivity contribution in [3.8, 4) is 0 Å². The number of hydrogen-bond donors (Lipinski definition) is 1. The van der Waals surface area contributed by atoms with Crippen LogP contribution in [0.4, 0.5) is 0 Å². The lowest BCUT2D eigenvalue weighted by molar-refractivity contribution is -0.146. The Bertz CT molecular complexity index is 443. The summed E-state index contributed by atoms with van der Waals surface area (Å²) >= 11 is 3.49. The number of aryl methyl sites for hydroxylation is 1. The Balaban J connectivity index is 2.87. The molecule has 0 radical (unpaired) electrons. The lowest BCUT2D eigenvalue weighted by atomic mass is 10.2. The monoisotopic (exact) mass is 331 g/mol. The molecule has 1 rings (SSSR count). The third-order valence-electron chi connectivity index (χ3n) is 2.75. The van der Waals surface area contributed by atoms with Crippen LogP contribution in [0.15, 0.2) is 4.47 Å². The van der Waals surface area contributed by atoms with E-state index < -0.39 is 0 Å². The van der Waals surface area contributed by atoms with Crippen molar-refractivity contribution < 1.29 is 9.53 Å². The summed E-state index contributed by atoms with van der Waals surface area (Å²) < 4.78 is 7.92. The molecular formula is C13H22BrN3O2. The second-order valence-electron chi connectivity index (χ2n) is 4.79. The summed E-state index contributed by atoms with van der Waals surface area (Å²) in [5, 5.41) is 7.64. The van der Waals surface area contributed by atoms with Crippen molar-refractivity contribution in [2.75, 3.05) is 6.61 Å². The van der Waals surface area contributed by atoms with Gasteiger partial charge in [-0.15, -0.1) is 0 Å². The maximum atomic E-state index is 11.9. The van der Waals surface area contributed by atoms with Gasteiger partial charge in [-0.1, -0.05) is 13.8 Å². The second-order valence-corrected chi connectivity index (χ2v) is 5.59. The molecule has 0 aromatic carbocycles. The molecule has 0 fully saturated rings. The number of aromatic nitrogens is 2. The van der Waals surface area contributed by atoms with Crippen molar-refractivity contribution >= 4 is 21.9 Å². The second kappa shape index (κ2) is 7.05. The van der Waals surface area contributed by atoms with Crippen molar-refractivity contribution in [1.29, 1.82) is 0 Å². The van der Waals surface area contributed by atoms with Crippen LogP contribution < -0.4 is 5.32 Å². The Hall–Kier alpha value is -0.880. The van der Waals surface area contributed by atoms with Gasteiger partial charge in [0.1, 0.15) is 6.04 Å². The molecule has 0 saturated carbocycles. The Morgan fingerprint density at radius 1 is 1.47 bits per heavy atom. The Morgan fingerprint density at radius 3 is 2.53 bits per heavy atom. The lowest BCUT2D eigenvalue weighted by Crippen LogP contribution is -2.45. The van der Waals surface area contributed by atoms with Crippen molar-refractivity contribution in [2.45, 2.75) is 53.2 Å². The highest BCUT2D eigenvalue weighted by Gasteiger charge is 2.23. The van der Waals surface area contributed by atoms with Crippen molar-refractivity contribution in [2.24, 2.45) is 0 Å². The molecule has 0 aliphatic rings. The van der Waals surface area contributed by atoms with E-state index in [0.717, 1.165) is 15.9 Å². The van der Waals surface area contributed by atoms with E-state index in [1.54, 1.807) is 0 Å². The van der Waals surface area contributed by atoms with Crippen molar-refractivity contribution in [3.05, 3.63) is 15.9 Å². The molecule has 108 valence electrons. The standard InChI is InChI=1S/C13H22BrN3O2/c1-6-19-13(18)11(15-8(2)3)7-17-10(5)12(14)9(4)16-17/h8,11,15H,6-7H2,1-5H3. The number of carbonyl (C=O) groups is 1. The predicted molar refractivity (Wildman–Crippen MR) is 78.1 cm³/mol. The van der Waals surface area contributed by atoms with E-state index in [9.17, 15) is 4.79 Å². The number of halogens is 1. The van der Waals surface area contributed by atoms with Crippen LogP contribution in [-0.4, -0.2) is 34.4 Å². The third kappa shape index (κ3) is 4.31. The van der Waals surface area contributed by atoms with Crippen LogP contribution in [0.2, 0.25) is 0 Å². The first-order valence-corrected chi connectivity index (χ1v) is 7.28. The van der Waals surface area contributed by atoms with Crippen LogP contribution in [0.3, 0.4) is 0 Å². The number of ether oxygens (including phenoxy) is 1. The van der Waals surface area contributed by atoms with Gasteiger partial charge in [-0.3, -0.25) is 9.48 Å². The molecule has 6 heteroatoms. The molecule has 19 heavy (non-hydrogen) atoms. The largest absolute Gasteiger partial charge is 0.465 e. The fraction of sp³-hybridized carbons (Fsp3) is 0.692. The molecule has 5 nitrogen and oxygen atoms in total. The summed E-state index contributed by atoms with van der Waals surface area (Å²) in [7, 11) is 0. The van der Waals surface area contributed by atoms with E-state index in [2.05, 4.69) is 26.3 Å². The molecule has 0 aliphatic carbocycles. The highest BCUT2D eigenvalue weighted by molar-refractivity contribution is 9.10. The zero-order valence-electron chi connectivity index (χ0n) is 12.2. The molecule has 1 heterocycles. The van der Waals surface area contributed by atoms with Gasteiger partial charge in [0.05, 0.1) is 23.3 Å². The van der Waals surface area contributed by atoms with E-state index >= 15 is 0 Å². The van der Waals surface area contributed by atoms with E-state index in [1.807, 2.05) is 39.3 Å². The molecule has 1 aromatic heterocycles. The van der Waals surface area contributed by atoms with E-state index in [0.29, 0.717) is 13.2 Å². The molecule has 1 aromatic rings. The topological polar surface area (TPSA) is 56.2 Å². The zero-order valence-corrected chi connectivity index (χ0v) is 13.7. The number of rotatable bonds is 6. The minimum absolute atomic E-state index is 0.204. The van der Waals surface area contributed by atoms with Crippen molar-refractivity contribution in [3.63, 3.8) is 0 Å². The van der Waals surface area contributed by atoms with Crippen molar-refractivity contribution in [1.82, 2.24) is 15.1 Å². The van der Waals surface area contributed by atoms with Gasteiger partial charge < -0.3 is 10.1 Å². The van der Waals surface area contributed by atoms with Gasteiger partial charge in [-0.25, -0.2) is 0 Å². The third-order valence-corrected chi connectivity index (χ3v) is 3.90. The van der Waals surface area contributed by atoms with Crippen LogP contribution in [0.5, 0.6) is 0 Å². The highest BCUT2D eigenvalue weighted by atomic mass is 79.9. The average Bonchev–Trinajstić information content (AvgIpc) is 2.56. The molecular weight excluding hydrogens is 310 g/mol. The number of esters is 1. The minimum atomic E-state index is -0.384. The number of hydrogen-bond acceptors (Lipinski definition) is 4. The van der Waals surface area contributed by atoms with Crippen LogP contribution >= 0.6 is 15.9 Å². The maximum Gasteiger partial charge on any atom is 0.325 e. The van der Waals surface area contributed by atoms with E-state index in [-0.39, 0.29) is 18.1 Å². The van der Waals surface area contributed by atoms with Gasteiger partial charge >= 0.3 is 5.97 Å². The summed E-state index contributed by atoms with van der Waals surface area (Å²) in [6, 6.07) is -0.181. The van der Waals surface area contributed by atoms with E-state index in [1.165, 1.54) is 0 Å². The molecule has 0 saturated heterocycles. The normalized spacial score (nSPS) is 12.8. The van der Waals surface area contributed by atoms with Gasteiger partial charge in [0.2, 0.25) is 0 Å². The molecule has 0 aliphatic heterocycles. The fourth-order valence-electron chi connectivity index (χ4n) is 1.87. The smallest absolute Gasteiger partial charge is 0.325 e. The number of carbonyl (C=O) groups excluding carboxylic acids is 1. The summed E-state index contributed by atoms with van der Waals surface area (Å²) in [6.07, 6.45) is 0. The van der Waals surface area contributed by atoms with Crippen LogP contribution in [0.1, 0.15) is 32.2 Å². The van der Waals surface area contributed by atoms with Gasteiger partial charge in [0.25, 0.3) is 0 Å². The first-order valence-electron chi connectivity index (χ1n) is 6.49.